The average molecular weight is 207 g/mol. The van der Waals surface area contributed by atoms with Crippen LogP contribution in [-0.4, -0.2) is 29.2 Å². The van der Waals surface area contributed by atoms with E-state index in [1.165, 1.54) is 0 Å². The molecule has 1 aromatic rings. The third kappa shape index (κ3) is 2.97. The number of hydrogen-bond acceptors (Lipinski definition) is 4. The smallest absolute Gasteiger partial charge is 0.115 e. The summed E-state index contributed by atoms with van der Waals surface area (Å²) in [6.45, 7) is 4.81. The van der Waals surface area contributed by atoms with Crippen LogP contribution in [0.3, 0.4) is 0 Å². The molecule has 4 nitrogen and oxygen atoms in total. The van der Waals surface area contributed by atoms with E-state index in [-0.39, 0.29) is 0 Å². The van der Waals surface area contributed by atoms with E-state index in [2.05, 4.69) is 22.2 Å². The van der Waals surface area contributed by atoms with Crippen molar-refractivity contribution in [2.75, 3.05) is 13.2 Å². The highest BCUT2D eigenvalue weighted by atomic mass is 16.5. The van der Waals surface area contributed by atoms with Crippen LogP contribution in [0.5, 0.6) is 0 Å². The minimum atomic E-state index is 0.488. The highest BCUT2D eigenvalue weighted by Gasteiger charge is 2.21. The molecule has 0 radical (unpaired) electrons. The molecule has 1 N–H and O–H groups in total. The molecule has 2 rings (SSSR count). The number of nitrogens with zero attached hydrogens (tertiary/aromatic N) is 2. The Hall–Kier alpha value is -1.00. The summed E-state index contributed by atoms with van der Waals surface area (Å²) in [7, 11) is 0. The molecule has 0 bridgehead atoms. The summed E-state index contributed by atoms with van der Waals surface area (Å²) in [5.41, 5.74) is 1.04. The number of hydrogen-bond donors (Lipinski definition) is 1. The lowest BCUT2D eigenvalue weighted by molar-refractivity contribution is 0.178. The van der Waals surface area contributed by atoms with E-state index in [4.69, 9.17) is 4.74 Å². The van der Waals surface area contributed by atoms with Gasteiger partial charge in [0, 0.05) is 25.4 Å². The molecule has 1 saturated heterocycles. The standard InChI is InChI=1S/C11H17N3O/c1-9(10-3-5-15-7-10)13-6-11-2-4-12-8-14-11/h2,4,8-10,13H,3,5-7H2,1H3. The van der Waals surface area contributed by atoms with Crippen molar-refractivity contribution in [3.05, 3.63) is 24.3 Å². The lowest BCUT2D eigenvalue weighted by Crippen LogP contribution is -2.33. The molecule has 0 amide bonds. The van der Waals surface area contributed by atoms with Crippen LogP contribution in [-0.2, 0) is 11.3 Å². The molecule has 0 spiro atoms. The first-order valence-corrected chi connectivity index (χ1v) is 5.42. The molecule has 2 atom stereocenters. The fraction of sp³-hybridized carbons (Fsp3) is 0.636. The van der Waals surface area contributed by atoms with Gasteiger partial charge in [0.2, 0.25) is 0 Å². The highest BCUT2D eigenvalue weighted by molar-refractivity contribution is 4.97. The van der Waals surface area contributed by atoms with Crippen LogP contribution < -0.4 is 5.32 Å². The Morgan fingerprint density at radius 3 is 3.27 bits per heavy atom. The Kier molecular flexibility index (Phi) is 3.64. The monoisotopic (exact) mass is 207 g/mol. The fourth-order valence-electron chi connectivity index (χ4n) is 1.80. The Morgan fingerprint density at radius 1 is 1.67 bits per heavy atom. The SMILES string of the molecule is CC(NCc1ccncn1)C1CCOC1. The second-order valence-corrected chi connectivity index (χ2v) is 3.99. The molecule has 82 valence electrons. The molecule has 0 aliphatic carbocycles. The van der Waals surface area contributed by atoms with Crippen molar-refractivity contribution in [2.45, 2.75) is 25.9 Å². The van der Waals surface area contributed by atoms with Crippen LogP contribution in [0.4, 0.5) is 0 Å². The summed E-state index contributed by atoms with van der Waals surface area (Å²) >= 11 is 0. The van der Waals surface area contributed by atoms with Gasteiger partial charge < -0.3 is 10.1 Å². The van der Waals surface area contributed by atoms with Gasteiger partial charge in [-0.1, -0.05) is 0 Å². The third-order valence-corrected chi connectivity index (χ3v) is 2.92. The molecule has 2 heterocycles. The van der Waals surface area contributed by atoms with Gasteiger partial charge in [-0.25, -0.2) is 9.97 Å². The maximum atomic E-state index is 5.36. The predicted molar refractivity (Wildman–Crippen MR) is 57.3 cm³/mol. The van der Waals surface area contributed by atoms with Gasteiger partial charge in [0.05, 0.1) is 12.3 Å². The van der Waals surface area contributed by atoms with Crippen molar-refractivity contribution in [1.29, 1.82) is 0 Å². The van der Waals surface area contributed by atoms with Crippen molar-refractivity contribution in [3.8, 4) is 0 Å². The van der Waals surface area contributed by atoms with Crippen LogP contribution in [0, 0.1) is 5.92 Å². The van der Waals surface area contributed by atoms with Crippen molar-refractivity contribution in [3.63, 3.8) is 0 Å². The van der Waals surface area contributed by atoms with Gasteiger partial charge in [-0.3, -0.25) is 0 Å². The summed E-state index contributed by atoms with van der Waals surface area (Å²) in [5.74, 6) is 0.645. The largest absolute Gasteiger partial charge is 0.381 e. The molecule has 0 saturated carbocycles. The van der Waals surface area contributed by atoms with E-state index in [9.17, 15) is 0 Å². The van der Waals surface area contributed by atoms with Crippen molar-refractivity contribution in [1.82, 2.24) is 15.3 Å². The molecular weight excluding hydrogens is 190 g/mol. The number of nitrogens with one attached hydrogen (secondary N) is 1. The summed E-state index contributed by atoms with van der Waals surface area (Å²) in [4.78, 5) is 8.06. The Balaban J connectivity index is 1.77. The van der Waals surface area contributed by atoms with Gasteiger partial charge >= 0.3 is 0 Å². The first kappa shape index (κ1) is 10.5. The van der Waals surface area contributed by atoms with Crippen LogP contribution in [0.25, 0.3) is 0 Å². The molecule has 2 unspecified atom stereocenters. The van der Waals surface area contributed by atoms with Gasteiger partial charge in [-0.05, 0) is 25.3 Å². The van der Waals surface area contributed by atoms with Crippen LogP contribution in [0.2, 0.25) is 0 Å². The topological polar surface area (TPSA) is 47.0 Å². The number of aromatic nitrogens is 2. The Morgan fingerprint density at radius 2 is 2.60 bits per heavy atom. The van der Waals surface area contributed by atoms with Gasteiger partial charge in [0.1, 0.15) is 6.33 Å². The second-order valence-electron chi connectivity index (χ2n) is 3.99. The van der Waals surface area contributed by atoms with Gasteiger partial charge in [0.15, 0.2) is 0 Å². The third-order valence-electron chi connectivity index (χ3n) is 2.92. The van der Waals surface area contributed by atoms with E-state index in [0.717, 1.165) is 31.9 Å². The Bertz CT molecular complexity index is 285. The molecule has 0 aromatic carbocycles. The average Bonchev–Trinajstić information content (AvgIpc) is 2.81. The number of ether oxygens (including phenoxy) is 1. The van der Waals surface area contributed by atoms with Crippen LogP contribution in [0.15, 0.2) is 18.6 Å². The van der Waals surface area contributed by atoms with Crippen LogP contribution >= 0.6 is 0 Å². The van der Waals surface area contributed by atoms with E-state index in [0.29, 0.717) is 12.0 Å². The maximum Gasteiger partial charge on any atom is 0.115 e. The molecule has 4 heteroatoms. The Labute approximate surface area is 90.1 Å². The van der Waals surface area contributed by atoms with Crippen molar-refractivity contribution >= 4 is 0 Å². The molecule has 1 aliphatic rings. The van der Waals surface area contributed by atoms with Gasteiger partial charge in [-0.2, -0.15) is 0 Å². The van der Waals surface area contributed by atoms with Gasteiger partial charge in [0.25, 0.3) is 0 Å². The zero-order valence-corrected chi connectivity index (χ0v) is 9.02. The summed E-state index contributed by atoms with van der Waals surface area (Å²) in [6, 6.07) is 2.42. The van der Waals surface area contributed by atoms with Crippen LogP contribution in [0.1, 0.15) is 19.0 Å². The number of rotatable bonds is 4. The van der Waals surface area contributed by atoms with Crippen molar-refractivity contribution in [2.24, 2.45) is 5.92 Å². The van der Waals surface area contributed by atoms with E-state index >= 15 is 0 Å². The maximum absolute atomic E-state index is 5.36. The predicted octanol–water partition coefficient (Wildman–Crippen LogP) is 0.991. The quantitative estimate of drug-likeness (QED) is 0.800. The van der Waals surface area contributed by atoms with Gasteiger partial charge in [-0.15, -0.1) is 0 Å². The minimum absolute atomic E-state index is 0.488. The first-order chi connectivity index (χ1) is 7.36. The highest BCUT2D eigenvalue weighted by Crippen LogP contribution is 2.16. The summed E-state index contributed by atoms with van der Waals surface area (Å²) < 4.78 is 5.36. The van der Waals surface area contributed by atoms with Crippen molar-refractivity contribution < 1.29 is 4.74 Å². The lowest BCUT2D eigenvalue weighted by Gasteiger charge is -2.18. The minimum Gasteiger partial charge on any atom is -0.381 e. The fourth-order valence-corrected chi connectivity index (χ4v) is 1.80. The molecule has 15 heavy (non-hydrogen) atoms. The second kappa shape index (κ2) is 5.19. The van der Waals surface area contributed by atoms with E-state index < -0.39 is 0 Å². The zero-order chi connectivity index (χ0) is 10.5. The molecule has 1 fully saturated rings. The summed E-state index contributed by atoms with van der Waals surface area (Å²) in [6.07, 6.45) is 4.52. The van der Waals surface area contributed by atoms with E-state index in [1.807, 2.05) is 6.07 Å². The van der Waals surface area contributed by atoms with E-state index in [1.54, 1.807) is 12.5 Å². The molecule has 1 aliphatic heterocycles. The molecule has 1 aromatic heterocycles. The molecular formula is C11H17N3O. The zero-order valence-electron chi connectivity index (χ0n) is 9.02. The first-order valence-electron chi connectivity index (χ1n) is 5.42. The lowest BCUT2D eigenvalue weighted by atomic mass is 10.0. The summed E-state index contributed by atoms with van der Waals surface area (Å²) in [5, 5.41) is 3.47. The normalized spacial score (nSPS) is 22.9.